The van der Waals surface area contributed by atoms with Crippen molar-refractivity contribution in [2.75, 3.05) is 6.54 Å². The molecule has 0 spiro atoms. The molecule has 1 rings (SSSR count). The van der Waals surface area contributed by atoms with Crippen LogP contribution in [0.5, 0.6) is 0 Å². The number of rotatable bonds is 3. The lowest BCUT2D eigenvalue weighted by Gasteiger charge is -2.15. The number of halogens is 3. The molecule has 84 valence electrons. The number of nitriles is 1. The number of nitrogens with zero attached hydrogens (tertiary/aromatic N) is 1. The highest BCUT2D eigenvalue weighted by Gasteiger charge is 2.51. The molecule has 4 nitrogen and oxygen atoms in total. The molecule has 1 amide bonds. The molecule has 1 atom stereocenters. The van der Waals surface area contributed by atoms with E-state index in [1.807, 2.05) is 5.32 Å². The van der Waals surface area contributed by atoms with E-state index in [9.17, 15) is 18.0 Å². The molecule has 0 aromatic carbocycles. The van der Waals surface area contributed by atoms with E-state index in [0.717, 1.165) is 0 Å². The Bertz CT molecular complexity index is 304. The van der Waals surface area contributed by atoms with Crippen molar-refractivity contribution in [2.24, 2.45) is 5.41 Å². The second-order valence-electron chi connectivity index (χ2n) is 3.46. The van der Waals surface area contributed by atoms with Crippen LogP contribution >= 0.6 is 0 Å². The molecule has 1 unspecified atom stereocenters. The van der Waals surface area contributed by atoms with E-state index < -0.39 is 30.1 Å². The minimum absolute atomic E-state index is 0.359. The molecule has 0 bridgehead atoms. The molecular formula is C8H9F3N2O2. The second kappa shape index (κ2) is 3.70. The van der Waals surface area contributed by atoms with Gasteiger partial charge in [0.1, 0.15) is 5.41 Å². The highest BCUT2D eigenvalue weighted by atomic mass is 19.4. The van der Waals surface area contributed by atoms with E-state index in [1.54, 1.807) is 6.07 Å². The number of amides is 1. The van der Waals surface area contributed by atoms with Gasteiger partial charge in [0.25, 0.3) is 0 Å². The van der Waals surface area contributed by atoms with Gasteiger partial charge in [-0.1, -0.05) is 0 Å². The molecule has 0 aliphatic heterocycles. The van der Waals surface area contributed by atoms with Gasteiger partial charge in [0.05, 0.1) is 12.6 Å². The number of carbonyl (C=O) groups is 1. The molecule has 7 heteroatoms. The molecule has 2 N–H and O–H groups in total. The predicted octanol–water partition coefficient (Wildman–Crippen LogP) is 0.330. The zero-order valence-electron chi connectivity index (χ0n) is 7.64. The summed E-state index contributed by atoms with van der Waals surface area (Å²) in [6, 6.07) is 1.74. The maximum Gasteiger partial charge on any atom is 0.416 e. The first kappa shape index (κ1) is 11.8. The van der Waals surface area contributed by atoms with Crippen molar-refractivity contribution in [3.8, 4) is 6.07 Å². The Morgan fingerprint density at radius 2 is 2.13 bits per heavy atom. The molecule has 1 saturated carbocycles. The van der Waals surface area contributed by atoms with Gasteiger partial charge in [-0.2, -0.15) is 18.4 Å². The topological polar surface area (TPSA) is 73.1 Å². The summed E-state index contributed by atoms with van der Waals surface area (Å²) in [6.07, 6.45) is -6.62. The molecule has 1 aliphatic rings. The summed E-state index contributed by atoms with van der Waals surface area (Å²) in [5.74, 6) is -0.742. The molecule has 1 aliphatic carbocycles. The van der Waals surface area contributed by atoms with E-state index >= 15 is 0 Å². The van der Waals surface area contributed by atoms with Gasteiger partial charge in [-0.3, -0.25) is 4.79 Å². The van der Waals surface area contributed by atoms with E-state index in [4.69, 9.17) is 10.4 Å². The van der Waals surface area contributed by atoms with Crippen LogP contribution in [0.1, 0.15) is 12.8 Å². The summed E-state index contributed by atoms with van der Waals surface area (Å²) in [7, 11) is 0. The average molecular weight is 222 g/mol. The SMILES string of the molecule is N#CC1(C(=O)NCC(O)C(F)(F)F)CC1. The van der Waals surface area contributed by atoms with E-state index in [2.05, 4.69) is 0 Å². The summed E-state index contributed by atoms with van der Waals surface area (Å²) >= 11 is 0. The number of hydrogen-bond acceptors (Lipinski definition) is 3. The standard InChI is InChI=1S/C8H9F3N2O2/c9-8(10,11)5(14)3-13-6(15)7(4-12)1-2-7/h5,14H,1-3H2,(H,13,15). The molecule has 0 radical (unpaired) electrons. The number of aliphatic hydroxyl groups excluding tert-OH is 1. The van der Waals surface area contributed by atoms with Crippen LogP contribution in [0.25, 0.3) is 0 Å². The number of alkyl halides is 3. The predicted molar refractivity (Wildman–Crippen MR) is 42.4 cm³/mol. The van der Waals surface area contributed by atoms with Crippen molar-refractivity contribution in [3.63, 3.8) is 0 Å². The number of hydrogen-bond donors (Lipinski definition) is 2. The fourth-order valence-corrected chi connectivity index (χ4v) is 0.989. The lowest BCUT2D eigenvalue weighted by Crippen LogP contribution is -2.43. The van der Waals surface area contributed by atoms with Crippen molar-refractivity contribution < 1.29 is 23.1 Å². The lowest BCUT2D eigenvalue weighted by atomic mass is 10.1. The first-order valence-electron chi connectivity index (χ1n) is 4.26. The van der Waals surface area contributed by atoms with E-state index in [0.29, 0.717) is 12.8 Å². The van der Waals surface area contributed by atoms with Gasteiger partial charge >= 0.3 is 6.18 Å². The Morgan fingerprint density at radius 3 is 2.47 bits per heavy atom. The van der Waals surface area contributed by atoms with E-state index in [-0.39, 0.29) is 0 Å². The molecule has 0 aromatic heterocycles. The Balaban J connectivity index is 2.39. The minimum Gasteiger partial charge on any atom is -0.382 e. The van der Waals surface area contributed by atoms with E-state index in [1.165, 1.54) is 0 Å². The van der Waals surface area contributed by atoms with Crippen LogP contribution in [0.3, 0.4) is 0 Å². The summed E-state index contributed by atoms with van der Waals surface area (Å²) < 4.78 is 35.5. The van der Waals surface area contributed by atoms with Gasteiger partial charge in [0.15, 0.2) is 6.10 Å². The monoisotopic (exact) mass is 222 g/mol. The lowest BCUT2D eigenvalue weighted by molar-refractivity contribution is -0.201. The largest absolute Gasteiger partial charge is 0.416 e. The summed E-state index contributed by atoms with van der Waals surface area (Å²) in [6.45, 7) is -0.911. The van der Waals surface area contributed by atoms with Crippen LogP contribution in [0.15, 0.2) is 0 Å². The molecule has 15 heavy (non-hydrogen) atoms. The fourth-order valence-electron chi connectivity index (χ4n) is 0.989. The summed E-state index contributed by atoms with van der Waals surface area (Å²) in [5, 5.41) is 19.0. The van der Waals surface area contributed by atoms with Gasteiger partial charge < -0.3 is 10.4 Å². The molecule has 1 fully saturated rings. The van der Waals surface area contributed by atoms with Gasteiger partial charge in [-0.15, -0.1) is 0 Å². The van der Waals surface area contributed by atoms with Crippen LogP contribution < -0.4 is 5.32 Å². The fraction of sp³-hybridized carbons (Fsp3) is 0.750. The van der Waals surface area contributed by atoms with Crippen molar-refractivity contribution in [1.29, 1.82) is 5.26 Å². The smallest absolute Gasteiger partial charge is 0.382 e. The molecule has 0 heterocycles. The Kier molecular flexibility index (Phi) is 2.90. The minimum atomic E-state index is -4.75. The third kappa shape index (κ3) is 2.59. The van der Waals surface area contributed by atoms with Crippen LogP contribution in [0, 0.1) is 16.7 Å². The van der Waals surface area contributed by atoms with Crippen LogP contribution in [-0.2, 0) is 4.79 Å². The normalized spacial score (nSPS) is 20.2. The number of aliphatic hydroxyl groups is 1. The van der Waals surface area contributed by atoms with Crippen LogP contribution in [0.4, 0.5) is 13.2 Å². The Hall–Kier alpha value is -1.29. The Morgan fingerprint density at radius 1 is 1.60 bits per heavy atom. The zero-order chi connectivity index (χ0) is 11.7. The van der Waals surface area contributed by atoms with Crippen LogP contribution in [0.2, 0.25) is 0 Å². The van der Waals surface area contributed by atoms with Crippen LogP contribution in [-0.4, -0.2) is 29.8 Å². The molecule has 0 saturated heterocycles. The van der Waals surface area contributed by atoms with Gasteiger partial charge in [0.2, 0.25) is 5.91 Å². The average Bonchev–Trinajstić information content (AvgIpc) is 2.92. The summed E-state index contributed by atoms with van der Waals surface area (Å²) in [4.78, 5) is 11.2. The third-order valence-corrected chi connectivity index (χ3v) is 2.23. The second-order valence-corrected chi connectivity index (χ2v) is 3.46. The first-order valence-corrected chi connectivity index (χ1v) is 4.26. The third-order valence-electron chi connectivity index (χ3n) is 2.23. The first-order chi connectivity index (χ1) is 6.82. The maximum atomic E-state index is 11.8. The zero-order valence-corrected chi connectivity index (χ0v) is 7.64. The van der Waals surface area contributed by atoms with Crippen molar-refractivity contribution >= 4 is 5.91 Å². The highest BCUT2D eigenvalue weighted by molar-refractivity contribution is 5.88. The van der Waals surface area contributed by atoms with Crippen molar-refractivity contribution in [3.05, 3.63) is 0 Å². The quantitative estimate of drug-likeness (QED) is 0.722. The van der Waals surface area contributed by atoms with Gasteiger partial charge in [-0.05, 0) is 12.8 Å². The number of nitrogens with one attached hydrogen (secondary N) is 1. The van der Waals surface area contributed by atoms with Gasteiger partial charge in [0, 0.05) is 0 Å². The van der Waals surface area contributed by atoms with Crippen molar-refractivity contribution in [2.45, 2.75) is 25.1 Å². The summed E-state index contributed by atoms with van der Waals surface area (Å²) in [5.41, 5.74) is -1.16. The number of carbonyl (C=O) groups excluding carboxylic acids is 1. The van der Waals surface area contributed by atoms with Crippen molar-refractivity contribution in [1.82, 2.24) is 5.32 Å². The maximum absolute atomic E-state index is 11.8. The molecular weight excluding hydrogens is 213 g/mol. The Labute approximate surface area is 83.7 Å². The molecule has 0 aromatic rings. The highest BCUT2D eigenvalue weighted by Crippen LogP contribution is 2.44. The van der Waals surface area contributed by atoms with Gasteiger partial charge in [-0.25, -0.2) is 0 Å².